The Morgan fingerprint density at radius 2 is 1.47 bits per heavy atom. The van der Waals surface area contributed by atoms with Crippen LogP contribution in [0.5, 0.6) is 0 Å². The molecule has 0 radical (unpaired) electrons. The number of carbonyl (C=O) groups excluding carboxylic acids is 2. The molecule has 0 N–H and O–H groups in total. The minimum absolute atomic E-state index is 0.0120. The van der Waals surface area contributed by atoms with E-state index in [1.54, 1.807) is 18.2 Å². The van der Waals surface area contributed by atoms with Crippen molar-refractivity contribution in [1.29, 1.82) is 0 Å². The minimum Gasteiger partial charge on any atom is -0.465 e. The molecule has 0 saturated carbocycles. The SMILES string of the molecule is COC(=O)c1cc(-c2ccc(C3CCN(C(=O)C(F)(F)F)CC3)cc2)cc(-n2cc(-c3ccc(C(F)(F)F)cc3)nn2)c1. The van der Waals surface area contributed by atoms with Gasteiger partial charge in [-0.3, -0.25) is 4.79 Å². The van der Waals surface area contributed by atoms with Crippen LogP contribution in [0.3, 0.4) is 0 Å². The topological polar surface area (TPSA) is 77.3 Å². The fraction of sp³-hybridized carbons (Fsp3) is 0.267. The van der Waals surface area contributed by atoms with Gasteiger partial charge in [-0.15, -0.1) is 5.10 Å². The van der Waals surface area contributed by atoms with Crippen LogP contribution < -0.4 is 0 Å². The van der Waals surface area contributed by atoms with Crippen molar-refractivity contribution in [3.8, 4) is 28.1 Å². The summed E-state index contributed by atoms with van der Waals surface area (Å²) < 4.78 is 83.4. The van der Waals surface area contributed by atoms with Gasteiger partial charge in [-0.05, 0) is 65.8 Å². The number of piperidine rings is 1. The predicted octanol–water partition coefficient (Wildman–Crippen LogP) is 6.68. The van der Waals surface area contributed by atoms with Crippen LogP contribution in [0.4, 0.5) is 26.3 Å². The molecule has 0 aliphatic carbocycles. The summed E-state index contributed by atoms with van der Waals surface area (Å²) in [6.07, 6.45) is -7.02. The number of halogens is 6. The lowest BCUT2D eigenvalue weighted by molar-refractivity contribution is -0.186. The van der Waals surface area contributed by atoms with Gasteiger partial charge in [0.2, 0.25) is 0 Å². The average Bonchev–Trinajstić information content (AvgIpc) is 3.50. The maximum atomic E-state index is 12.9. The van der Waals surface area contributed by atoms with Gasteiger partial charge >= 0.3 is 24.2 Å². The summed E-state index contributed by atoms with van der Waals surface area (Å²) in [4.78, 5) is 24.8. The quantitative estimate of drug-likeness (QED) is 0.188. The Morgan fingerprint density at radius 1 is 0.837 bits per heavy atom. The second kappa shape index (κ2) is 11.5. The van der Waals surface area contributed by atoms with Crippen molar-refractivity contribution in [1.82, 2.24) is 19.9 Å². The number of hydrogen-bond acceptors (Lipinski definition) is 5. The molecule has 1 aromatic heterocycles. The summed E-state index contributed by atoms with van der Waals surface area (Å²) >= 11 is 0. The van der Waals surface area contributed by atoms with Gasteiger partial charge in [-0.25, -0.2) is 9.48 Å². The molecule has 13 heteroatoms. The molecule has 0 bridgehead atoms. The first-order chi connectivity index (χ1) is 20.3. The average molecular weight is 603 g/mol. The third-order valence-corrected chi connectivity index (χ3v) is 7.34. The second-order valence-corrected chi connectivity index (χ2v) is 10.1. The summed E-state index contributed by atoms with van der Waals surface area (Å²) in [6, 6.07) is 16.8. The zero-order chi connectivity index (χ0) is 30.9. The molecule has 0 spiro atoms. The molecule has 3 aromatic carbocycles. The number of hydrogen-bond donors (Lipinski definition) is 0. The Morgan fingerprint density at radius 3 is 2.05 bits per heavy atom. The predicted molar refractivity (Wildman–Crippen MR) is 143 cm³/mol. The summed E-state index contributed by atoms with van der Waals surface area (Å²) in [6.45, 7) is 0.0311. The number of benzene rings is 3. The third-order valence-electron chi connectivity index (χ3n) is 7.34. The summed E-state index contributed by atoms with van der Waals surface area (Å²) in [7, 11) is 1.25. The van der Waals surface area contributed by atoms with E-state index in [9.17, 15) is 35.9 Å². The van der Waals surface area contributed by atoms with Crippen LogP contribution in [-0.4, -0.2) is 58.1 Å². The van der Waals surface area contributed by atoms with Gasteiger partial charge in [-0.1, -0.05) is 41.6 Å². The largest absolute Gasteiger partial charge is 0.471 e. The van der Waals surface area contributed by atoms with Crippen molar-refractivity contribution in [3.63, 3.8) is 0 Å². The fourth-order valence-electron chi connectivity index (χ4n) is 5.04. The number of ether oxygens (including phenoxy) is 1. The van der Waals surface area contributed by atoms with Crippen molar-refractivity contribution in [2.45, 2.75) is 31.1 Å². The molecule has 0 unspecified atom stereocenters. The van der Waals surface area contributed by atoms with Crippen LogP contribution in [0, 0.1) is 0 Å². The Bertz CT molecular complexity index is 1620. The molecular weight excluding hydrogens is 578 g/mol. The van der Waals surface area contributed by atoms with Gasteiger partial charge in [0.25, 0.3) is 0 Å². The van der Waals surface area contributed by atoms with Gasteiger partial charge in [0.15, 0.2) is 0 Å². The van der Waals surface area contributed by atoms with Crippen molar-refractivity contribution in [2.24, 2.45) is 0 Å². The van der Waals surface area contributed by atoms with Crippen molar-refractivity contribution in [2.75, 3.05) is 20.2 Å². The molecule has 1 saturated heterocycles. The van der Waals surface area contributed by atoms with Gasteiger partial charge in [-0.2, -0.15) is 26.3 Å². The van der Waals surface area contributed by atoms with E-state index in [1.165, 1.54) is 30.1 Å². The molecule has 43 heavy (non-hydrogen) atoms. The number of aromatic nitrogens is 3. The van der Waals surface area contributed by atoms with Gasteiger partial charge < -0.3 is 9.64 Å². The smallest absolute Gasteiger partial charge is 0.465 e. The van der Waals surface area contributed by atoms with Gasteiger partial charge in [0, 0.05) is 18.7 Å². The number of likely N-dealkylation sites (tertiary alicyclic amines) is 1. The van der Waals surface area contributed by atoms with E-state index < -0.39 is 29.8 Å². The van der Waals surface area contributed by atoms with Gasteiger partial charge in [0.05, 0.1) is 30.1 Å². The number of esters is 1. The van der Waals surface area contributed by atoms with Crippen molar-refractivity contribution in [3.05, 3.63) is 89.6 Å². The monoisotopic (exact) mass is 602 g/mol. The molecule has 224 valence electrons. The fourth-order valence-corrected chi connectivity index (χ4v) is 5.04. The van der Waals surface area contributed by atoms with E-state index in [4.69, 9.17) is 4.74 Å². The lowest BCUT2D eigenvalue weighted by Gasteiger charge is -2.32. The summed E-state index contributed by atoms with van der Waals surface area (Å²) in [5.74, 6) is -2.42. The Kier molecular flexibility index (Phi) is 8.00. The highest BCUT2D eigenvalue weighted by atomic mass is 19.4. The second-order valence-electron chi connectivity index (χ2n) is 10.1. The Hall–Kier alpha value is -4.68. The Labute approximate surface area is 241 Å². The number of nitrogens with zero attached hydrogens (tertiary/aromatic N) is 4. The van der Waals surface area contributed by atoms with E-state index in [1.807, 2.05) is 24.3 Å². The normalized spacial score (nSPS) is 14.5. The lowest BCUT2D eigenvalue weighted by atomic mass is 9.88. The molecule has 5 rings (SSSR count). The Balaban J connectivity index is 1.38. The number of methoxy groups -OCH3 is 1. The van der Waals surface area contributed by atoms with Crippen LogP contribution in [0.25, 0.3) is 28.1 Å². The molecule has 1 aliphatic heterocycles. The van der Waals surface area contributed by atoms with Crippen LogP contribution in [0.2, 0.25) is 0 Å². The zero-order valence-electron chi connectivity index (χ0n) is 22.6. The van der Waals surface area contributed by atoms with E-state index in [2.05, 4.69) is 10.3 Å². The first kappa shape index (κ1) is 29.8. The van der Waals surface area contributed by atoms with E-state index in [0.717, 1.165) is 28.2 Å². The van der Waals surface area contributed by atoms with Crippen molar-refractivity contribution >= 4 is 11.9 Å². The highest BCUT2D eigenvalue weighted by molar-refractivity contribution is 5.92. The number of rotatable bonds is 5. The third kappa shape index (κ3) is 6.55. The maximum absolute atomic E-state index is 12.9. The van der Waals surface area contributed by atoms with E-state index in [0.29, 0.717) is 35.3 Å². The molecule has 1 amide bonds. The van der Waals surface area contributed by atoms with E-state index >= 15 is 0 Å². The molecule has 4 aromatic rings. The lowest BCUT2D eigenvalue weighted by Crippen LogP contribution is -2.45. The first-order valence-electron chi connectivity index (χ1n) is 13.1. The highest BCUT2D eigenvalue weighted by Crippen LogP contribution is 2.33. The summed E-state index contributed by atoms with van der Waals surface area (Å²) in [5.41, 5.74) is 2.95. The molecule has 0 atom stereocenters. The van der Waals surface area contributed by atoms with Crippen LogP contribution in [0.1, 0.15) is 40.2 Å². The van der Waals surface area contributed by atoms with Gasteiger partial charge in [0.1, 0.15) is 5.69 Å². The molecule has 1 fully saturated rings. The van der Waals surface area contributed by atoms with Crippen LogP contribution >= 0.6 is 0 Å². The zero-order valence-corrected chi connectivity index (χ0v) is 22.6. The van der Waals surface area contributed by atoms with Crippen LogP contribution in [0.15, 0.2) is 72.9 Å². The number of alkyl halides is 6. The van der Waals surface area contributed by atoms with Crippen LogP contribution in [-0.2, 0) is 15.7 Å². The molecule has 1 aliphatic rings. The number of carbonyl (C=O) groups is 2. The van der Waals surface area contributed by atoms with E-state index in [-0.39, 0.29) is 24.6 Å². The summed E-state index contributed by atoms with van der Waals surface area (Å²) in [5, 5.41) is 8.17. The first-order valence-corrected chi connectivity index (χ1v) is 13.1. The maximum Gasteiger partial charge on any atom is 0.471 e. The minimum atomic E-state index is -4.89. The molecule has 7 nitrogen and oxygen atoms in total. The standard InChI is InChI=1S/C30H24F6N4O3/c1-43-27(41)23-14-22(19-4-2-18(3-5-19)20-10-12-39(13-11-20)28(42)30(34,35)36)15-25(16-23)40-17-26(37-38-40)21-6-8-24(9-7-21)29(31,32)33/h2-9,14-17,20H,10-13H2,1H3. The molecular formula is C30H24F6N4O3. The molecule has 2 heterocycles. The number of amides is 1. The van der Waals surface area contributed by atoms with Crippen molar-refractivity contribution < 1.29 is 40.7 Å². The highest BCUT2D eigenvalue weighted by Gasteiger charge is 2.43.